The summed E-state index contributed by atoms with van der Waals surface area (Å²) in [5.41, 5.74) is 7.46. The van der Waals surface area contributed by atoms with Gasteiger partial charge >= 0.3 is 0 Å². The van der Waals surface area contributed by atoms with E-state index in [1.807, 2.05) is 6.07 Å². The first kappa shape index (κ1) is 15.5. The van der Waals surface area contributed by atoms with Crippen molar-refractivity contribution in [1.82, 2.24) is 5.32 Å². The van der Waals surface area contributed by atoms with Gasteiger partial charge in [-0.15, -0.1) is 0 Å². The second-order valence-electron chi connectivity index (χ2n) is 5.25. The molecular weight excluding hydrogens is 240 g/mol. The average molecular weight is 264 g/mol. The molecule has 0 aromatic heterocycles. The molecule has 0 heterocycles. The van der Waals surface area contributed by atoms with Crippen LogP contribution in [-0.4, -0.2) is 26.1 Å². The Labute approximate surface area is 115 Å². The molecule has 0 unspecified atom stereocenters. The summed E-state index contributed by atoms with van der Waals surface area (Å²) in [6.45, 7) is 6.84. The molecule has 1 amide bonds. The van der Waals surface area contributed by atoms with E-state index in [2.05, 4.69) is 38.2 Å². The summed E-state index contributed by atoms with van der Waals surface area (Å²) >= 11 is 0. The number of benzene rings is 1. The number of carbonyl (C=O) groups excluding carboxylic acids is 1. The SMILES string of the molecule is CCc1ccc(OC)c(C(C)(C)CNC(=O)CN)c1. The Morgan fingerprint density at radius 1 is 1.42 bits per heavy atom. The molecule has 1 rings (SSSR count). The standard InChI is InChI=1S/C15H24N2O2/c1-5-11-6-7-13(19-4)12(8-11)15(2,3)10-17-14(18)9-16/h6-8H,5,9-10,16H2,1-4H3,(H,17,18). The normalized spacial score (nSPS) is 11.2. The van der Waals surface area contributed by atoms with E-state index in [1.54, 1.807) is 7.11 Å². The van der Waals surface area contributed by atoms with Gasteiger partial charge in [-0.05, 0) is 18.1 Å². The van der Waals surface area contributed by atoms with E-state index < -0.39 is 0 Å². The molecule has 0 fully saturated rings. The fourth-order valence-electron chi connectivity index (χ4n) is 1.99. The zero-order valence-corrected chi connectivity index (χ0v) is 12.2. The first-order chi connectivity index (χ1) is 8.94. The number of amides is 1. The molecule has 19 heavy (non-hydrogen) atoms. The van der Waals surface area contributed by atoms with Crippen molar-refractivity contribution in [1.29, 1.82) is 0 Å². The zero-order valence-electron chi connectivity index (χ0n) is 12.2. The van der Waals surface area contributed by atoms with Gasteiger partial charge < -0.3 is 15.8 Å². The number of nitrogens with one attached hydrogen (secondary N) is 1. The lowest BCUT2D eigenvalue weighted by Gasteiger charge is -2.28. The first-order valence-electron chi connectivity index (χ1n) is 6.58. The van der Waals surface area contributed by atoms with Crippen molar-refractivity contribution in [2.45, 2.75) is 32.6 Å². The largest absolute Gasteiger partial charge is 0.496 e. The summed E-state index contributed by atoms with van der Waals surface area (Å²) < 4.78 is 5.43. The highest BCUT2D eigenvalue weighted by Crippen LogP contribution is 2.32. The second kappa shape index (κ2) is 6.57. The van der Waals surface area contributed by atoms with Gasteiger partial charge in [0.05, 0.1) is 13.7 Å². The van der Waals surface area contributed by atoms with Gasteiger partial charge in [-0.25, -0.2) is 0 Å². The van der Waals surface area contributed by atoms with Gasteiger partial charge in [-0.2, -0.15) is 0 Å². The van der Waals surface area contributed by atoms with E-state index in [0.717, 1.165) is 17.7 Å². The summed E-state index contributed by atoms with van der Waals surface area (Å²) in [5.74, 6) is 0.711. The number of carbonyl (C=O) groups is 1. The minimum atomic E-state index is -0.207. The third-order valence-electron chi connectivity index (χ3n) is 3.31. The Morgan fingerprint density at radius 2 is 2.11 bits per heavy atom. The molecule has 1 aromatic rings. The maximum absolute atomic E-state index is 11.3. The molecule has 0 atom stereocenters. The van der Waals surface area contributed by atoms with Crippen LogP contribution in [-0.2, 0) is 16.6 Å². The van der Waals surface area contributed by atoms with E-state index >= 15 is 0 Å². The smallest absolute Gasteiger partial charge is 0.233 e. The van der Waals surface area contributed by atoms with Crippen molar-refractivity contribution in [3.63, 3.8) is 0 Å². The topological polar surface area (TPSA) is 64.3 Å². The number of aryl methyl sites for hydroxylation is 1. The van der Waals surface area contributed by atoms with Crippen LogP contribution in [0.3, 0.4) is 0 Å². The number of rotatable bonds is 6. The van der Waals surface area contributed by atoms with Gasteiger partial charge in [0, 0.05) is 17.5 Å². The fraction of sp³-hybridized carbons (Fsp3) is 0.533. The maximum atomic E-state index is 11.3. The van der Waals surface area contributed by atoms with Gasteiger partial charge in [0.1, 0.15) is 5.75 Å². The van der Waals surface area contributed by atoms with Crippen LogP contribution in [0.5, 0.6) is 5.75 Å². The number of ether oxygens (including phenoxy) is 1. The van der Waals surface area contributed by atoms with E-state index in [1.165, 1.54) is 5.56 Å². The molecule has 0 aliphatic carbocycles. The predicted octanol–water partition coefficient (Wildman–Crippen LogP) is 1.61. The van der Waals surface area contributed by atoms with Crippen molar-refractivity contribution < 1.29 is 9.53 Å². The fourth-order valence-corrected chi connectivity index (χ4v) is 1.99. The lowest BCUT2D eigenvalue weighted by Crippen LogP contribution is -2.39. The lowest BCUT2D eigenvalue weighted by atomic mass is 9.82. The summed E-state index contributed by atoms with van der Waals surface area (Å²) in [6, 6.07) is 6.20. The molecule has 106 valence electrons. The molecule has 0 saturated heterocycles. The highest BCUT2D eigenvalue weighted by Gasteiger charge is 2.25. The van der Waals surface area contributed by atoms with Crippen LogP contribution in [0, 0.1) is 0 Å². The van der Waals surface area contributed by atoms with Crippen LogP contribution in [0.2, 0.25) is 0 Å². The summed E-state index contributed by atoms with van der Waals surface area (Å²) in [4.78, 5) is 11.3. The monoisotopic (exact) mass is 264 g/mol. The highest BCUT2D eigenvalue weighted by atomic mass is 16.5. The summed E-state index contributed by atoms with van der Waals surface area (Å²) in [7, 11) is 1.67. The van der Waals surface area contributed by atoms with E-state index in [-0.39, 0.29) is 17.9 Å². The van der Waals surface area contributed by atoms with Gasteiger partial charge in [-0.1, -0.05) is 32.9 Å². The summed E-state index contributed by atoms with van der Waals surface area (Å²) in [5, 5.41) is 2.84. The highest BCUT2D eigenvalue weighted by molar-refractivity contribution is 5.77. The third kappa shape index (κ3) is 3.96. The molecule has 4 nitrogen and oxygen atoms in total. The molecule has 0 saturated carbocycles. The van der Waals surface area contributed by atoms with Crippen LogP contribution in [0.4, 0.5) is 0 Å². The van der Waals surface area contributed by atoms with Crippen molar-refractivity contribution >= 4 is 5.91 Å². The molecule has 0 spiro atoms. The van der Waals surface area contributed by atoms with Crippen LogP contribution in [0.25, 0.3) is 0 Å². The van der Waals surface area contributed by atoms with Crippen LogP contribution in [0.15, 0.2) is 18.2 Å². The summed E-state index contributed by atoms with van der Waals surface area (Å²) in [6.07, 6.45) is 0.974. The quantitative estimate of drug-likeness (QED) is 0.820. The van der Waals surface area contributed by atoms with Crippen molar-refractivity contribution in [2.75, 3.05) is 20.2 Å². The number of methoxy groups -OCH3 is 1. The maximum Gasteiger partial charge on any atom is 0.233 e. The van der Waals surface area contributed by atoms with Crippen molar-refractivity contribution in [3.8, 4) is 5.75 Å². The molecule has 0 bridgehead atoms. The molecule has 0 aliphatic rings. The van der Waals surface area contributed by atoms with Gasteiger partial charge in [0.25, 0.3) is 0 Å². The third-order valence-corrected chi connectivity index (χ3v) is 3.31. The molecule has 4 heteroatoms. The van der Waals surface area contributed by atoms with E-state index in [0.29, 0.717) is 6.54 Å². The number of hydrogen-bond acceptors (Lipinski definition) is 3. The minimum absolute atomic E-state index is 0.0161. The molecular formula is C15H24N2O2. The Kier molecular flexibility index (Phi) is 5.36. The Balaban J connectivity index is 3.00. The Morgan fingerprint density at radius 3 is 2.63 bits per heavy atom. The molecule has 3 N–H and O–H groups in total. The number of hydrogen-bond donors (Lipinski definition) is 2. The minimum Gasteiger partial charge on any atom is -0.496 e. The number of nitrogens with two attached hydrogens (primary N) is 1. The van der Waals surface area contributed by atoms with Gasteiger partial charge in [0.2, 0.25) is 5.91 Å². The second-order valence-corrected chi connectivity index (χ2v) is 5.25. The van der Waals surface area contributed by atoms with Crippen LogP contribution >= 0.6 is 0 Å². The van der Waals surface area contributed by atoms with Gasteiger partial charge in [0.15, 0.2) is 0 Å². The van der Waals surface area contributed by atoms with E-state index in [4.69, 9.17) is 10.5 Å². The lowest BCUT2D eigenvalue weighted by molar-refractivity contribution is -0.119. The molecule has 0 radical (unpaired) electrons. The predicted molar refractivity (Wildman–Crippen MR) is 77.5 cm³/mol. The average Bonchev–Trinajstić information content (AvgIpc) is 2.43. The first-order valence-corrected chi connectivity index (χ1v) is 6.58. The zero-order chi connectivity index (χ0) is 14.5. The Bertz CT molecular complexity index is 442. The molecule has 0 aliphatic heterocycles. The van der Waals surface area contributed by atoms with Crippen LogP contribution < -0.4 is 15.8 Å². The Hall–Kier alpha value is -1.55. The van der Waals surface area contributed by atoms with Crippen molar-refractivity contribution in [2.24, 2.45) is 5.73 Å². The van der Waals surface area contributed by atoms with Gasteiger partial charge in [-0.3, -0.25) is 4.79 Å². The van der Waals surface area contributed by atoms with Crippen molar-refractivity contribution in [3.05, 3.63) is 29.3 Å². The van der Waals surface area contributed by atoms with E-state index in [9.17, 15) is 4.79 Å². The molecule has 1 aromatic carbocycles. The van der Waals surface area contributed by atoms with Crippen LogP contribution in [0.1, 0.15) is 31.9 Å².